The zero-order chi connectivity index (χ0) is 13.1. The van der Waals surface area contributed by atoms with Crippen molar-refractivity contribution >= 4 is 0 Å². The Bertz CT molecular complexity index is 496. The molecule has 0 saturated carbocycles. The predicted molar refractivity (Wildman–Crippen MR) is 74.5 cm³/mol. The van der Waals surface area contributed by atoms with Crippen LogP contribution >= 0.6 is 0 Å². The van der Waals surface area contributed by atoms with Gasteiger partial charge in [-0.15, -0.1) is 0 Å². The second-order valence-corrected chi connectivity index (χ2v) is 5.29. The molecular weight excluding hydrogens is 222 g/mol. The van der Waals surface area contributed by atoms with Gasteiger partial charge in [-0.3, -0.25) is 0 Å². The van der Waals surface area contributed by atoms with Crippen molar-refractivity contribution in [3.63, 3.8) is 0 Å². The number of rotatable bonds is 4. The van der Waals surface area contributed by atoms with E-state index in [0.29, 0.717) is 5.92 Å². The Labute approximate surface area is 109 Å². The lowest BCUT2D eigenvalue weighted by Crippen LogP contribution is -2.12. The number of benzene rings is 1. The van der Waals surface area contributed by atoms with Crippen LogP contribution in [0.3, 0.4) is 0 Å². The molecule has 1 unspecified atom stereocenters. The van der Waals surface area contributed by atoms with E-state index in [-0.39, 0.29) is 6.04 Å². The Kier molecular flexibility index (Phi) is 3.87. The summed E-state index contributed by atoms with van der Waals surface area (Å²) >= 11 is 0. The average molecular weight is 243 g/mol. The van der Waals surface area contributed by atoms with Gasteiger partial charge >= 0.3 is 0 Å². The molecule has 0 fully saturated rings. The Hall–Kier alpha value is -1.54. The average Bonchev–Trinajstić information content (AvgIpc) is 2.75. The van der Waals surface area contributed by atoms with Crippen molar-refractivity contribution in [3.8, 4) is 0 Å². The van der Waals surface area contributed by atoms with Crippen LogP contribution in [0.15, 0.2) is 41.0 Å². The first-order chi connectivity index (χ1) is 8.58. The van der Waals surface area contributed by atoms with Gasteiger partial charge in [0.25, 0.3) is 0 Å². The summed E-state index contributed by atoms with van der Waals surface area (Å²) in [7, 11) is 0. The van der Waals surface area contributed by atoms with E-state index in [1.54, 1.807) is 6.26 Å². The lowest BCUT2D eigenvalue weighted by atomic mass is 9.98. The van der Waals surface area contributed by atoms with Gasteiger partial charge in [0.2, 0.25) is 0 Å². The molecule has 0 aliphatic carbocycles. The molecule has 0 radical (unpaired) electrons. The highest BCUT2D eigenvalue weighted by molar-refractivity contribution is 5.32. The van der Waals surface area contributed by atoms with Crippen molar-refractivity contribution in [2.45, 2.75) is 33.2 Å². The monoisotopic (exact) mass is 243 g/mol. The smallest absolute Gasteiger partial charge is 0.127 e. The maximum absolute atomic E-state index is 6.22. The van der Waals surface area contributed by atoms with E-state index in [1.165, 1.54) is 5.56 Å². The summed E-state index contributed by atoms with van der Waals surface area (Å²) in [6.07, 6.45) is 2.80. The Morgan fingerprint density at radius 2 is 1.78 bits per heavy atom. The van der Waals surface area contributed by atoms with E-state index in [1.807, 2.05) is 13.0 Å². The van der Waals surface area contributed by atoms with Crippen LogP contribution in [0.2, 0.25) is 0 Å². The van der Waals surface area contributed by atoms with Gasteiger partial charge in [-0.1, -0.05) is 38.1 Å². The molecule has 1 heterocycles. The molecule has 0 aliphatic heterocycles. The molecule has 0 amide bonds. The number of aryl methyl sites for hydroxylation is 1. The van der Waals surface area contributed by atoms with Crippen molar-refractivity contribution in [3.05, 3.63) is 59.0 Å². The summed E-state index contributed by atoms with van der Waals surface area (Å²) in [4.78, 5) is 0. The van der Waals surface area contributed by atoms with Gasteiger partial charge in [0.15, 0.2) is 0 Å². The Balaban J connectivity index is 2.17. The van der Waals surface area contributed by atoms with Gasteiger partial charge in [-0.25, -0.2) is 0 Å². The van der Waals surface area contributed by atoms with E-state index in [9.17, 15) is 0 Å². The lowest BCUT2D eigenvalue weighted by Gasteiger charge is -2.12. The van der Waals surface area contributed by atoms with Gasteiger partial charge in [-0.2, -0.15) is 0 Å². The maximum atomic E-state index is 6.22. The highest BCUT2D eigenvalue weighted by Crippen LogP contribution is 2.24. The fraction of sp³-hybridized carbons (Fsp3) is 0.375. The van der Waals surface area contributed by atoms with E-state index in [0.717, 1.165) is 23.3 Å². The van der Waals surface area contributed by atoms with E-state index in [2.05, 4.69) is 38.1 Å². The quantitative estimate of drug-likeness (QED) is 0.886. The molecule has 2 heteroatoms. The zero-order valence-electron chi connectivity index (χ0n) is 11.3. The fourth-order valence-corrected chi connectivity index (χ4v) is 2.19. The maximum Gasteiger partial charge on any atom is 0.127 e. The molecule has 2 N–H and O–H groups in total. The minimum Gasteiger partial charge on any atom is -0.467 e. The second-order valence-electron chi connectivity index (χ2n) is 5.29. The highest BCUT2D eigenvalue weighted by Gasteiger charge is 2.14. The van der Waals surface area contributed by atoms with E-state index < -0.39 is 0 Å². The van der Waals surface area contributed by atoms with Crippen molar-refractivity contribution < 1.29 is 4.42 Å². The van der Waals surface area contributed by atoms with Crippen LogP contribution in [0.25, 0.3) is 0 Å². The summed E-state index contributed by atoms with van der Waals surface area (Å²) in [5.74, 6) is 1.53. The largest absolute Gasteiger partial charge is 0.467 e. The summed E-state index contributed by atoms with van der Waals surface area (Å²) in [5.41, 5.74) is 9.78. The van der Waals surface area contributed by atoms with Crippen LogP contribution in [0, 0.1) is 12.8 Å². The van der Waals surface area contributed by atoms with Crippen LogP contribution in [-0.4, -0.2) is 0 Å². The Morgan fingerprint density at radius 1 is 1.11 bits per heavy atom. The lowest BCUT2D eigenvalue weighted by molar-refractivity contribution is 0.487. The fourth-order valence-electron chi connectivity index (χ4n) is 2.19. The van der Waals surface area contributed by atoms with E-state index >= 15 is 0 Å². The van der Waals surface area contributed by atoms with Gasteiger partial charge in [-0.05, 0) is 42.0 Å². The van der Waals surface area contributed by atoms with Crippen LogP contribution in [-0.2, 0) is 6.42 Å². The molecule has 2 nitrogen and oxygen atoms in total. The third kappa shape index (κ3) is 2.82. The summed E-state index contributed by atoms with van der Waals surface area (Å²) in [6.45, 7) is 6.48. The third-order valence-corrected chi connectivity index (χ3v) is 3.17. The summed E-state index contributed by atoms with van der Waals surface area (Å²) < 4.78 is 5.45. The molecule has 0 saturated heterocycles. The topological polar surface area (TPSA) is 39.2 Å². The molecule has 0 spiro atoms. The van der Waals surface area contributed by atoms with Crippen LogP contribution in [0.5, 0.6) is 0 Å². The van der Waals surface area contributed by atoms with Crippen molar-refractivity contribution in [1.82, 2.24) is 0 Å². The summed E-state index contributed by atoms with van der Waals surface area (Å²) in [5, 5.41) is 0. The van der Waals surface area contributed by atoms with Crippen molar-refractivity contribution in [2.75, 3.05) is 0 Å². The first-order valence-electron chi connectivity index (χ1n) is 6.46. The molecule has 0 bridgehead atoms. The van der Waals surface area contributed by atoms with Crippen LogP contribution in [0.4, 0.5) is 0 Å². The van der Waals surface area contributed by atoms with Gasteiger partial charge in [0.05, 0.1) is 12.3 Å². The first-order valence-corrected chi connectivity index (χ1v) is 6.46. The molecule has 1 atom stereocenters. The second kappa shape index (κ2) is 5.40. The predicted octanol–water partition coefficient (Wildman–Crippen LogP) is 3.83. The standard InChI is InChI=1S/C16H21NO/c1-11(2)10-13-4-6-14(7-5-13)15(17)16-12(3)8-9-18-16/h4-9,11,15H,10,17H2,1-3H3. The SMILES string of the molecule is Cc1ccoc1C(N)c1ccc(CC(C)C)cc1. The molecule has 18 heavy (non-hydrogen) atoms. The molecule has 2 aromatic rings. The number of nitrogens with two attached hydrogens (primary N) is 1. The number of furan rings is 1. The van der Waals surface area contributed by atoms with Crippen molar-refractivity contribution in [1.29, 1.82) is 0 Å². The molecule has 2 rings (SSSR count). The Morgan fingerprint density at radius 3 is 2.28 bits per heavy atom. The van der Waals surface area contributed by atoms with Crippen LogP contribution in [0.1, 0.15) is 42.3 Å². The normalized spacial score (nSPS) is 12.9. The van der Waals surface area contributed by atoms with Gasteiger partial charge in [0, 0.05) is 0 Å². The molecule has 1 aromatic heterocycles. The van der Waals surface area contributed by atoms with Crippen LogP contribution < -0.4 is 5.73 Å². The molecule has 96 valence electrons. The molecule has 1 aromatic carbocycles. The minimum atomic E-state index is -0.173. The third-order valence-electron chi connectivity index (χ3n) is 3.17. The molecule has 0 aliphatic rings. The minimum absolute atomic E-state index is 0.173. The summed E-state index contributed by atoms with van der Waals surface area (Å²) in [6, 6.07) is 10.3. The zero-order valence-corrected chi connectivity index (χ0v) is 11.3. The highest BCUT2D eigenvalue weighted by atomic mass is 16.3. The first kappa shape index (κ1) is 12.9. The molecular formula is C16H21NO. The number of hydrogen-bond donors (Lipinski definition) is 1. The van der Waals surface area contributed by atoms with Gasteiger partial charge < -0.3 is 10.2 Å². The van der Waals surface area contributed by atoms with Crippen molar-refractivity contribution in [2.24, 2.45) is 11.7 Å². The van der Waals surface area contributed by atoms with Gasteiger partial charge in [0.1, 0.15) is 5.76 Å². The van der Waals surface area contributed by atoms with E-state index in [4.69, 9.17) is 10.2 Å². The number of hydrogen-bond acceptors (Lipinski definition) is 2.